The lowest BCUT2D eigenvalue weighted by Gasteiger charge is -2.39. The first-order chi connectivity index (χ1) is 8.31. The molecule has 1 aromatic rings. The molecule has 1 aliphatic heterocycles. The zero-order valence-electron chi connectivity index (χ0n) is 11.0. The van der Waals surface area contributed by atoms with E-state index in [0.717, 1.165) is 13.1 Å². The van der Waals surface area contributed by atoms with E-state index in [1.165, 1.54) is 24.9 Å². The predicted molar refractivity (Wildman–Crippen MR) is 73.1 cm³/mol. The van der Waals surface area contributed by atoms with Crippen molar-refractivity contribution >= 4 is 0 Å². The number of unbranched alkanes of at least 4 members (excludes halogenated alkanes) is 1. The Bertz CT molecular complexity index is 323. The minimum absolute atomic E-state index is 0.504. The van der Waals surface area contributed by atoms with Gasteiger partial charge in [0.05, 0.1) is 0 Å². The van der Waals surface area contributed by atoms with Gasteiger partial charge in [-0.05, 0) is 25.5 Å². The van der Waals surface area contributed by atoms with Gasteiger partial charge in [-0.1, -0.05) is 43.7 Å². The lowest BCUT2D eigenvalue weighted by molar-refractivity contribution is 0.139. The Morgan fingerprint density at radius 1 is 1.29 bits per heavy atom. The summed E-state index contributed by atoms with van der Waals surface area (Å²) < 4.78 is 0. The quantitative estimate of drug-likeness (QED) is 0.858. The molecule has 1 aromatic carbocycles. The van der Waals surface area contributed by atoms with E-state index < -0.39 is 0 Å². The van der Waals surface area contributed by atoms with Crippen molar-refractivity contribution in [2.45, 2.75) is 38.8 Å². The van der Waals surface area contributed by atoms with Gasteiger partial charge in [-0.15, -0.1) is 0 Å². The van der Waals surface area contributed by atoms with Gasteiger partial charge in [-0.2, -0.15) is 0 Å². The number of hydrogen-bond acceptors (Lipinski definition) is 2. The molecular formula is C15H24N2. The largest absolute Gasteiger partial charge is 0.307 e. The van der Waals surface area contributed by atoms with Crippen LogP contribution in [-0.4, -0.2) is 30.6 Å². The van der Waals surface area contributed by atoms with Crippen LogP contribution in [0.5, 0.6) is 0 Å². The van der Waals surface area contributed by atoms with Crippen molar-refractivity contribution in [2.75, 3.05) is 19.6 Å². The van der Waals surface area contributed by atoms with Crippen molar-refractivity contribution < 1.29 is 0 Å². The van der Waals surface area contributed by atoms with Gasteiger partial charge in [0.1, 0.15) is 0 Å². The monoisotopic (exact) mass is 232 g/mol. The highest BCUT2D eigenvalue weighted by atomic mass is 15.2. The molecule has 0 aliphatic carbocycles. The number of benzene rings is 1. The summed E-state index contributed by atoms with van der Waals surface area (Å²) in [5.74, 6) is 0. The second-order valence-corrected chi connectivity index (χ2v) is 5.07. The minimum Gasteiger partial charge on any atom is -0.307 e. The second-order valence-electron chi connectivity index (χ2n) is 5.07. The summed E-state index contributed by atoms with van der Waals surface area (Å²) in [6, 6.07) is 12.0. The summed E-state index contributed by atoms with van der Waals surface area (Å²) >= 11 is 0. The highest BCUT2D eigenvalue weighted by Gasteiger charge is 2.24. The molecule has 1 saturated heterocycles. The van der Waals surface area contributed by atoms with E-state index in [9.17, 15) is 0 Å². The summed E-state index contributed by atoms with van der Waals surface area (Å²) in [4.78, 5) is 2.62. The van der Waals surface area contributed by atoms with E-state index in [1.807, 2.05) is 0 Å². The van der Waals surface area contributed by atoms with Gasteiger partial charge in [0, 0.05) is 25.2 Å². The molecule has 17 heavy (non-hydrogen) atoms. The standard InChI is InChI=1S/C15H24N2/c1-3-4-10-17-12-15(16-11-13(17)2)14-8-6-5-7-9-14/h5-9,13,15-16H,3-4,10-12H2,1-2H3. The maximum absolute atomic E-state index is 3.65. The molecule has 1 N–H and O–H groups in total. The molecule has 2 rings (SSSR count). The number of nitrogens with zero attached hydrogens (tertiary/aromatic N) is 1. The average molecular weight is 232 g/mol. The van der Waals surface area contributed by atoms with E-state index in [-0.39, 0.29) is 0 Å². The summed E-state index contributed by atoms with van der Waals surface area (Å²) in [6.45, 7) is 8.07. The summed E-state index contributed by atoms with van der Waals surface area (Å²) in [5.41, 5.74) is 1.42. The summed E-state index contributed by atoms with van der Waals surface area (Å²) in [5, 5.41) is 3.65. The highest BCUT2D eigenvalue weighted by Crippen LogP contribution is 2.19. The van der Waals surface area contributed by atoms with E-state index in [1.54, 1.807) is 0 Å². The predicted octanol–water partition coefficient (Wildman–Crippen LogP) is 2.82. The van der Waals surface area contributed by atoms with E-state index >= 15 is 0 Å². The third kappa shape index (κ3) is 3.30. The molecule has 2 nitrogen and oxygen atoms in total. The Labute approximate surface area is 105 Å². The maximum atomic E-state index is 3.65. The van der Waals surface area contributed by atoms with Gasteiger partial charge in [-0.25, -0.2) is 0 Å². The lowest BCUT2D eigenvalue weighted by Crippen LogP contribution is -2.51. The van der Waals surface area contributed by atoms with Gasteiger partial charge >= 0.3 is 0 Å². The van der Waals surface area contributed by atoms with E-state index in [4.69, 9.17) is 0 Å². The van der Waals surface area contributed by atoms with Gasteiger partial charge in [0.15, 0.2) is 0 Å². The maximum Gasteiger partial charge on any atom is 0.0449 e. The molecule has 0 radical (unpaired) electrons. The van der Waals surface area contributed by atoms with Crippen LogP contribution in [0.3, 0.4) is 0 Å². The lowest BCUT2D eigenvalue weighted by atomic mass is 10.0. The number of piperazine rings is 1. The number of nitrogens with one attached hydrogen (secondary N) is 1. The molecule has 2 heteroatoms. The first-order valence-electron chi connectivity index (χ1n) is 6.83. The van der Waals surface area contributed by atoms with Crippen molar-refractivity contribution in [3.05, 3.63) is 35.9 Å². The number of hydrogen-bond donors (Lipinski definition) is 1. The molecule has 0 aromatic heterocycles. The van der Waals surface area contributed by atoms with Crippen LogP contribution in [0.2, 0.25) is 0 Å². The Morgan fingerprint density at radius 3 is 2.76 bits per heavy atom. The van der Waals surface area contributed by atoms with Gasteiger partial charge in [0.25, 0.3) is 0 Å². The van der Waals surface area contributed by atoms with Crippen LogP contribution in [0.25, 0.3) is 0 Å². The number of rotatable bonds is 4. The molecule has 1 aliphatic rings. The molecule has 94 valence electrons. The van der Waals surface area contributed by atoms with E-state index in [2.05, 4.69) is 54.4 Å². The Balaban J connectivity index is 1.97. The van der Waals surface area contributed by atoms with Crippen LogP contribution in [0, 0.1) is 0 Å². The smallest absolute Gasteiger partial charge is 0.0449 e. The molecular weight excluding hydrogens is 208 g/mol. The third-order valence-electron chi connectivity index (χ3n) is 3.70. The zero-order chi connectivity index (χ0) is 12.1. The van der Waals surface area contributed by atoms with Crippen molar-refractivity contribution in [1.82, 2.24) is 10.2 Å². The van der Waals surface area contributed by atoms with Crippen LogP contribution in [-0.2, 0) is 0 Å². The van der Waals surface area contributed by atoms with E-state index in [0.29, 0.717) is 12.1 Å². The third-order valence-corrected chi connectivity index (χ3v) is 3.70. The molecule has 0 spiro atoms. The van der Waals surface area contributed by atoms with Gasteiger partial charge < -0.3 is 5.32 Å². The van der Waals surface area contributed by atoms with Crippen molar-refractivity contribution in [1.29, 1.82) is 0 Å². The Kier molecular flexibility index (Phi) is 4.57. The Morgan fingerprint density at radius 2 is 2.06 bits per heavy atom. The van der Waals surface area contributed by atoms with Crippen LogP contribution in [0.4, 0.5) is 0 Å². The van der Waals surface area contributed by atoms with Gasteiger partial charge in [0.2, 0.25) is 0 Å². The van der Waals surface area contributed by atoms with Crippen molar-refractivity contribution in [3.8, 4) is 0 Å². The molecule has 0 bridgehead atoms. The topological polar surface area (TPSA) is 15.3 Å². The highest BCUT2D eigenvalue weighted by molar-refractivity contribution is 5.20. The molecule has 2 unspecified atom stereocenters. The fourth-order valence-corrected chi connectivity index (χ4v) is 2.50. The van der Waals surface area contributed by atoms with Crippen molar-refractivity contribution in [2.24, 2.45) is 0 Å². The summed E-state index contributed by atoms with van der Waals surface area (Å²) in [6.07, 6.45) is 2.60. The minimum atomic E-state index is 0.504. The molecule has 0 amide bonds. The van der Waals surface area contributed by atoms with Crippen LogP contribution >= 0.6 is 0 Å². The molecule has 1 heterocycles. The summed E-state index contributed by atoms with van der Waals surface area (Å²) in [7, 11) is 0. The first-order valence-corrected chi connectivity index (χ1v) is 6.83. The normalized spacial score (nSPS) is 26.0. The fraction of sp³-hybridized carbons (Fsp3) is 0.600. The van der Waals surface area contributed by atoms with Gasteiger partial charge in [-0.3, -0.25) is 4.90 Å². The van der Waals surface area contributed by atoms with Crippen LogP contribution < -0.4 is 5.32 Å². The fourth-order valence-electron chi connectivity index (χ4n) is 2.50. The average Bonchev–Trinajstić information content (AvgIpc) is 2.39. The van der Waals surface area contributed by atoms with Crippen LogP contribution in [0.15, 0.2) is 30.3 Å². The zero-order valence-corrected chi connectivity index (χ0v) is 11.0. The molecule has 1 fully saturated rings. The Hall–Kier alpha value is -0.860. The van der Waals surface area contributed by atoms with Crippen LogP contribution in [0.1, 0.15) is 38.3 Å². The molecule has 0 saturated carbocycles. The SMILES string of the molecule is CCCCN1CC(c2ccccc2)NCC1C. The van der Waals surface area contributed by atoms with Crippen molar-refractivity contribution in [3.63, 3.8) is 0 Å². The first kappa shape index (κ1) is 12.6. The second kappa shape index (κ2) is 6.18. The molecule has 2 atom stereocenters.